The fourth-order valence-corrected chi connectivity index (χ4v) is 3.02. The second-order valence-electron chi connectivity index (χ2n) is 4.75. The maximum absolute atomic E-state index is 5.44. The molecule has 3 aromatic rings. The van der Waals surface area contributed by atoms with E-state index in [4.69, 9.17) is 5.84 Å². The van der Waals surface area contributed by atoms with E-state index < -0.39 is 0 Å². The second kappa shape index (κ2) is 4.93. The molecule has 3 N–H and O–H groups in total. The Morgan fingerprint density at radius 1 is 1.24 bits per heavy atom. The standard InChI is InChI=1S/C12H12N8S/c13-16-11-14-9-4-2-1-3-8(9)10(15-11)21-12-17-18-19-20(12)7-5-6-7/h1-4,7H,5-6,13H2,(H,14,15,16). The zero-order valence-corrected chi connectivity index (χ0v) is 11.8. The van der Waals surface area contributed by atoms with Gasteiger partial charge in [-0.05, 0) is 41.1 Å². The molecule has 106 valence electrons. The number of aromatic nitrogens is 6. The second-order valence-corrected chi connectivity index (χ2v) is 5.71. The summed E-state index contributed by atoms with van der Waals surface area (Å²) in [6.45, 7) is 0. The average molecular weight is 300 g/mol. The van der Waals surface area contributed by atoms with Crippen molar-refractivity contribution in [1.29, 1.82) is 0 Å². The normalized spacial score (nSPS) is 14.5. The third kappa shape index (κ3) is 2.30. The van der Waals surface area contributed by atoms with Gasteiger partial charge < -0.3 is 0 Å². The van der Waals surface area contributed by atoms with Crippen molar-refractivity contribution in [2.75, 3.05) is 5.43 Å². The van der Waals surface area contributed by atoms with E-state index in [1.54, 1.807) is 0 Å². The van der Waals surface area contributed by atoms with E-state index >= 15 is 0 Å². The van der Waals surface area contributed by atoms with E-state index in [0.717, 1.165) is 33.9 Å². The summed E-state index contributed by atoms with van der Waals surface area (Å²) in [7, 11) is 0. The van der Waals surface area contributed by atoms with Gasteiger partial charge in [0, 0.05) is 5.39 Å². The Morgan fingerprint density at radius 2 is 2.10 bits per heavy atom. The summed E-state index contributed by atoms with van der Waals surface area (Å²) in [6.07, 6.45) is 2.25. The third-order valence-corrected chi connectivity index (χ3v) is 4.20. The minimum Gasteiger partial charge on any atom is -0.292 e. The molecule has 0 atom stereocenters. The number of benzene rings is 1. The van der Waals surface area contributed by atoms with Gasteiger partial charge in [0.25, 0.3) is 0 Å². The van der Waals surface area contributed by atoms with Gasteiger partial charge in [0.15, 0.2) is 0 Å². The minimum absolute atomic E-state index is 0.377. The number of tetrazole rings is 1. The maximum atomic E-state index is 5.44. The predicted molar refractivity (Wildman–Crippen MR) is 77.6 cm³/mol. The number of nitrogen functional groups attached to an aromatic ring is 1. The lowest BCUT2D eigenvalue weighted by Gasteiger charge is -2.07. The molecule has 0 aliphatic heterocycles. The fourth-order valence-electron chi connectivity index (χ4n) is 2.08. The van der Waals surface area contributed by atoms with E-state index in [9.17, 15) is 0 Å². The number of hydrogen-bond acceptors (Lipinski definition) is 8. The van der Waals surface area contributed by atoms with Crippen LogP contribution in [0.5, 0.6) is 0 Å². The molecule has 9 heteroatoms. The smallest absolute Gasteiger partial charge is 0.238 e. The fraction of sp³-hybridized carbons (Fsp3) is 0.250. The Labute approximate surface area is 124 Å². The summed E-state index contributed by atoms with van der Waals surface area (Å²) < 4.78 is 1.86. The minimum atomic E-state index is 0.377. The number of rotatable bonds is 4. The van der Waals surface area contributed by atoms with Crippen LogP contribution < -0.4 is 11.3 Å². The van der Waals surface area contributed by atoms with Gasteiger partial charge in [0.2, 0.25) is 11.1 Å². The van der Waals surface area contributed by atoms with Crippen LogP contribution in [0.15, 0.2) is 34.4 Å². The summed E-state index contributed by atoms with van der Waals surface area (Å²) in [6, 6.07) is 8.20. The maximum Gasteiger partial charge on any atom is 0.238 e. The topological polar surface area (TPSA) is 107 Å². The highest BCUT2D eigenvalue weighted by Gasteiger charge is 2.28. The van der Waals surface area contributed by atoms with E-state index in [0.29, 0.717) is 12.0 Å². The molecule has 8 nitrogen and oxygen atoms in total. The number of nitrogens with zero attached hydrogens (tertiary/aromatic N) is 6. The van der Waals surface area contributed by atoms with Crippen LogP contribution in [0.1, 0.15) is 18.9 Å². The molecule has 1 saturated carbocycles. The summed E-state index contributed by atoms with van der Waals surface area (Å²) >= 11 is 1.43. The highest BCUT2D eigenvalue weighted by molar-refractivity contribution is 7.99. The molecule has 1 aliphatic carbocycles. The predicted octanol–water partition coefficient (Wildman–Crippen LogP) is 1.39. The van der Waals surface area contributed by atoms with Crippen molar-refractivity contribution in [1.82, 2.24) is 30.2 Å². The summed E-state index contributed by atoms with van der Waals surface area (Å²) in [5, 5.41) is 14.4. The zero-order valence-electron chi connectivity index (χ0n) is 11.0. The molecule has 4 rings (SSSR count). The molecule has 0 saturated heterocycles. The first-order chi connectivity index (χ1) is 10.3. The lowest BCUT2D eigenvalue weighted by atomic mass is 10.2. The van der Waals surface area contributed by atoms with Crippen LogP contribution in [0, 0.1) is 0 Å². The molecule has 2 aromatic heterocycles. The highest BCUT2D eigenvalue weighted by Crippen LogP contribution is 2.38. The van der Waals surface area contributed by atoms with E-state index in [2.05, 4.69) is 30.9 Å². The Balaban J connectivity index is 1.79. The third-order valence-electron chi connectivity index (χ3n) is 3.24. The van der Waals surface area contributed by atoms with Crippen molar-refractivity contribution in [2.45, 2.75) is 29.1 Å². The molecule has 1 aliphatic rings. The van der Waals surface area contributed by atoms with Gasteiger partial charge in [-0.1, -0.05) is 18.2 Å². The molecule has 0 radical (unpaired) electrons. The molecular formula is C12H12N8S. The molecule has 0 spiro atoms. The van der Waals surface area contributed by atoms with E-state index in [1.807, 2.05) is 28.9 Å². The van der Waals surface area contributed by atoms with Crippen LogP contribution in [0.25, 0.3) is 10.9 Å². The van der Waals surface area contributed by atoms with E-state index in [1.165, 1.54) is 11.8 Å². The van der Waals surface area contributed by atoms with Gasteiger partial charge in [0.1, 0.15) is 5.03 Å². The van der Waals surface area contributed by atoms with E-state index in [-0.39, 0.29) is 0 Å². The van der Waals surface area contributed by atoms with Crippen LogP contribution in [-0.2, 0) is 0 Å². The van der Waals surface area contributed by atoms with Crippen molar-refractivity contribution in [2.24, 2.45) is 5.84 Å². The number of hydrazine groups is 1. The van der Waals surface area contributed by atoms with Gasteiger partial charge in [-0.3, -0.25) is 5.43 Å². The van der Waals surface area contributed by atoms with Crippen molar-refractivity contribution in [3.8, 4) is 0 Å². The molecular weight excluding hydrogens is 288 g/mol. The van der Waals surface area contributed by atoms with Gasteiger partial charge in [-0.2, -0.15) is 0 Å². The lowest BCUT2D eigenvalue weighted by molar-refractivity contribution is 0.565. The van der Waals surface area contributed by atoms with Gasteiger partial charge in [-0.25, -0.2) is 20.5 Å². The summed E-state index contributed by atoms with van der Waals surface area (Å²) in [5.41, 5.74) is 3.32. The molecule has 21 heavy (non-hydrogen) atoms. The number of fused-ring (bicyclic) bond motifs is 1. The first-order valence-electron chi connectivity index (χ1n) is 6.54. The van der Waals surface area contributed by atoms with Crippen LogP contribution in [0.2, 0.25) is 0 Å². The van der Waals surface area contributed by atoms with Crippen molar-refractivity contribution in [3.05, 3.63) is 24.3 Å². The van der Waals surface area contributed by atoms with Crippen LogP contribution >= 0.6 is 11.8 Å². The highest BCUT2D eigenvalue weighted by atomic mass is 32.2. The molecule has 0 amide bonds. The van der Waals surface area contributed by atoms with Crippen molar-refractivity contribution < 1.29 is 0 Å². The first-order valence-corrected chi connectivity index (χ1v) is 7.36. The SMILES string of the molecule is NNc1nc(Sc2nnnn2C2CC2)c2ccccc2n1. The van der Waals surface area contributed by atoms with Crippen LogP contribution in [0.3, 0.4) is 0 Å². The van der Waals surface area contributed by atoms with Crippen LogP contribution in [-0.4, -0.2) is 30.2 Å². The summed E-state index contributed by atoms with van der Waals surface area (Å²) in [5.74, 6) is 5.82. The molecule has 0 unspecified atom stereocenters. The number of anilines is 1. The Hall–Kier alpha value is -2.26. The Kier molecular flexibility index (Phi) is 2.93. The Bertz CT molecular complexity index is 797. The average Bonchev–Trinajstić information content (AvgIpc) is 3.27. The molecule has 0 bridgehead atoms. The quantitative estimate of drug-likeness (QED) is 0.423. The zero-order chi connectivity index (χ0) is 14.2. The largest absolute Gasteiger partial charge is 0.292 e. The number of nitrogens with two attached hydrogens (primary N) is 1. The van der Waals surface area contributed by atoms with Gasteiger partial charge in [0.05, 0.1) is 11.6 Å². The summed E-state index contributed by atoms with van der Waals surface area (Å²) in [4.78, 5) is 8.76. The first kappa shape index (κ1) is 12.5. The number of para-hydroxylation sites is 1. The molecule has 2 heterocycles. The van der Waals surface area contributed by atoms with Gasteiger partial charge >= 0.3 is 0 Å². The number of nitrogens with one attached hydrogen (secondary N) is 1. The molecule has 1 fully saturated rings. The number of hydrogen-bond donors (Lipinski definition) is 2. The monoisotopic (exact) mass is 300 g/mol. The lowest BCUT2D eigenvalue weighted by Crippen LogP contribution is -2.11. The van der Waals surface area contributed by atoms with Gasteiger partial charge in [-0.15, -0.1) is 5.10 Å². The van der Waals surface area contributed by atoms with Crippen LogP contribution in [0.4, 0.5) is 5.95 Å². The van der Waals surface area contributed by atoms with Crippen molar-refractivity contribution in [3.63, 3.8) is 0 Å². The Morgan fingerprint density at radius 3 is 2.90 bits per heavy atom. The molecule has 1 aromatic carbocycles. The van der Waals surface area contributed by atoms with Crippen molar-refractivity contribution >= 4 is 28.6 Å².